The molecule has 19 heavy (non-hydrogen) atoms. The quantitative estimate of drug-likeness (QED) is 0.820. The van der Waals surface area contributed by atoms with Crippen LogP contribution in [-0.4, -0.2) is 36.2 Å². The van der Waals surface area contributed by atoms with Crippen molar-refractivity contribution in [2.75, 3.05) is 26.2 Å². The van der Waals surface area contributed by atoms with Gasteiger partial charge in [0.2, 0.25) is 0 Å². The van der Waals surface area contributed by atoms with E-state index in [0.29, 0.717) is 17.5 Å². The summed E-state index contributed by atoms with van der Waals surface area (Å²) < 4.78 is 13.6. The van der Waals surface area contributed by atoms with Crippen LogP contribution in [0.15, 0.2) is 24.8 Å². The lowest BCUT2D eigenvalue weighted by molar-refractivity contribution is 0.171. The first-order valence-electron chi connectivity index (χ1n) is 6.68. The first kappa shape index (κ1) is 14.0. The molecular weight excluding hydrogens is 243 g/mol. The molecule has 0 bridgehead atoms. The number of aromatic hydroxyl groups is 1. The topological polar surface area (TPSA) is 35.5 Å². The van der Waals surface area contributed by atoms with E-state index in [1.54, 1.807) is 6.92 Å². The van der Waals surface area contributed by atoms with Gasteiger partial charge in [0, 0.05) is 37.8 Å². The third-order valence-corrected chi connectivity index (χ3v) is 3.64. The second-order valence-electron chi connectivity index (χ2n) is 4.99. The number of nitrogens with zero attached hydrogens (tertiary/aromatic N) is 1. The zero-order chi connectivity index (χ0) is 13.8. The zero-order valence-corrected chi connectivity index (χ0v) is 11.3. The molecule has 2 N–H and O–H groups in total. The molecule has 0 unspecified atom stereocenters. The molecule has 1 heterocycles. The maximum Gasteiger partial charge on any atom is 0.124 e. The molecular formula is C15H21FN2O. The van der Waals surface area contributed by atoms with Gasteiger partial charge in [-0.25, -0.2) is 4.39 Å². The zero-order valence-electron chi connectivity index (χ0n) is 11.3. The number of rotatable bonds is 4. The van der Waals surface area contributed by atoms with Crippen LogP contribution in [0.3, 0.4) is 0 Å². The summed E-state index contributed by atoms with van der Waals surface area (Å²) in [5.74, 6) is -0.0960. The molecule has 1 fully saturated rings. The third-order valence-electron chi connectivity index (χ3n) is 3.64. The summed E-state index contributed by atoms with van der Waals surface area (Å²) in [7, 11) is 0. The Morgan fingerprint density at radius 3 is 2.79 bits per heavy atom. The van der Waals surface area contributed by atoms with Gasteiger partial charge in [-0.2, -0.15) is 0 Å². The van der Waals surface area contributed by atoms with Crippen LogP contribution < -0.4 is 5.32 Å². The maximum atomic E-state index is 13.6. The van der Waals surface area contributed by atoms with E-state index in [1.165, 1.54) is 12.1 Å². The Balaban J connectivity index is 2.34. The average molecular weight is 264 g/mol. The SMILES string of the molecule is C=CC[C@@H](c1cc(F)cc(C)c1O)N1CCNCC1. The Hall–Kier alpha value is -1.39. The fourth-order valence-electron chi connectivity index (χ4n) is 2.64. The molecule has 0 amide bonds. The number of hydrogen-bond acceptors (Lipinski definition) is 3. The van der Waals surface area contributed by atoms with Crippen LogP contribution in [0.1, 0.15) is 23.6 Å². The summed E-state index contributed by atoms with van der Waals surface area (Å²) in [5.41, 5.74) is 1.25. The van der Waals surface area contributed by atoms with Crippen LogP contribution in [0.25, 0.3) is 0 Å². The van der Waals surface area contributed by atoms with E-state index in [-0.39, 0.29) is 17.6 Å². The maximum absolute atomic E-state index is 13.6. The number of aryl methyl sites for hydroxylation is 1. The highest BCUT2D eigenvalue weighted by molar-refractivity contribution is 5.42. The van der Waals surface area contributed by atoms with Gasteiger partial charge in [-0.3, -0.25) is 4.90 Å². The molecule has 0 aliphatic carbocycles. The molecule has 104 valence electrons. The van der Waals surface area contributed by atoms with Crippen molar-refractivity contribution in [3.63, 3.8) is 0 Å². The summed E-state index contributed by atoms with van der Waals surface area (Å²) in [4.78, 5) is 2.27. The minimum Gasteiger partial charge on any atom is -0.507 e. The first-order chi connectivity index (χ1) is 9.13. The molecule has 1 saturated heterocycles. The van der Waals surface area contributed by atoms with Crippen molar-refractivity contribution in [2.45, 2.75) is 19.4 Å². The molecule has 0 aromatic heterocycles. The lowest BCUT2D eigenvalue weighted by Crippen LogP contribution is -2.45. The monoisotopic (exact) mass is 264 g/mol. The number of nitrogens with one attached hydrogen (secondary N) is 1. The van der Waals surface area contributed by atoms with Gasteiger partial charge in [-0.1, -0.05) is 6.08 Å². The lowest BCUT2D eigenvalue weighted by atomic mass is 9.97. The van der Waals surface area contributed by atoms with Gasteiger partial charge in [-0.15, -0.1) is 6.58 Å². The van der Waals surface area contributed by atoms with E-state index in [2.05, 4.69) is 16.8 Å². The Labute approximate surface area is 113 Å². The molecule has 2 rings (SSSR count). The highest BCUT2D eigenvalue weighted by atomic mass is 19.1. The van der Waals surface area contributed by atoms with Gasteiger partial charge in [-0.05, 0) is 31.0 Å². The second-order valence-corrected chi connectivity index (χ2v) is 4.99. The molecule has 1 aliphatic heterocycles. The van der Waals surface area contributed by atoms with Gasteiger partial charge < -0.3 is 10.4 Å². The van der Waals surface area contributed by atoms with Crippen LogP contribution in [0.4, 0.5) is 4.39 Å². The smallest absolute Gasteiger partial charge is 0.124 e. The van der Waals surface area contributed by atoms with Crippen molar-refractivity contribution in [3.05, 3.63) is 41.7 Å². The van der Waals surface area contributed by atoms with E-state index >= 15 is 0 Å². The number of phenols is 1. The van der Waals surface area contributed by atoms with Crippen LogP contribution in [-0.2, 0) is 0 Å². The summed E-state index contributed by atoms with van der Waals surface area (Å²) in [6, 6.07) is 2.80. The fourth-order valence-corrected chi connectivity index (χ4v) is 2.64. The Morgan fingerprint density at radius 1 is 1.47 bits per heavy atom. The first-order valence-corrected chi connectivity index (χ1v) is 6.68. The predicted molar refractivity (Wildman–Crippen MR) is 74.8 cm³/mol. The summed E-state index contributed by atoms with van der Waals surface area (Å²) in [5, 5.41) is 13.5. The van der Waals surface area contributed by atoms with Crippen molar-refractivity contribution >= 4 is 0 Å². The van der Waals surface area contributed by atoms with Crippen molar-refractivity contribution in [1.29, 1.82) is 0 Å². The van der Waals surface area contributed by atoms with Crippen LogP contribution >= 0.6 is 0 Å². The van der Waals surface area contributed by atoms with E-state index in [0.717, 1.165) is 26.2 Å². The van der Waals surface area contributed by atoms with E-state index in [9.17, 15) is 9.50 Å². The van der Waals surface area contributed by atoms with Crippen molar-refractivity contribution < 1.29 is 9.50 Å². The minimum atomic E-state index is -0.297. The number of hydrogen-bond donors (Lipinski definition) is 2. The molecule has 3 nitrogen and oxygen atoms in total. The van der Waals surface area contributed by atoms with E-state index < -0.39 is 0 Å². The second kappa shape index (κ2) is 6.17. The van der Waals surface area contributed by atoms with Gasteiger partial charge in [0.05, 0.1) is 0 Å². The molecule has 1 aromatic carbocycles. The van der Waals surface area contributed by atoms with E-state index in [1.807, 2.05) is 6.08 Å². The van der Waals surface area contributed by atoms with Gasteiger partial charge in [0.1, 0.15) is 11.6 Å². The summed E-state index contributed by atoms with van der Waals surface area (Å²) in [6.45, 7) is 9.14. The largest absolute Gasteiger partial charge is 0.507 e. The number of piperazine rings is 1. The summed E-state index contributed by atoms with van der Waals surface area (Å²) >= 11 is 0. The van der Waals surface area contributed by atoms with Crippen LogP contribution in [0.2, 0.25) is 0 Å². The minimum absolute atomic E-state index is 0.00556. The molecule has 0 saturated carbocycles. The predicted octanol–water partition coefficient (Wildman–Crippen LogP) is 2.36. The normalized spacial score (nSPS) is 18.2. The molecule has 0 radical (unpaired) electrons. The molecule has 0 spiro atoms. The molecule has 1 aromatic rings. The summed E-state index contributed by atoms with van der Waals surface area (Å²) in [6.07, 6.45) is 2.53. The Kier molecular flexibility index (Phi) is 4.56. The Bertz CT molecular complexity index is 456. The van der Waals surface area contributed by atoms with Crippen LogP contribution in [0.5, 0.6) is 5.75 Å². The lowest BCUT2D eigenvalue weighted by Gasteiger charge is -2.35. The third kappa shape index (κ3) is 3.14. The molecule has 1 aliphatic rings. The Morgan fingerprint density at radius 2 is 2.16 bits per heavy atom. The highest BCUT2D eigenvalue weighted by Gasteiger charge is 2.24. The molecule has 4 heteroatoms. The number of benzene rings is 1. The van der Waals surface area contributed by atoms with Gasteiger partial charge in [0.25, 0.3) is 0 Å². The highest BCUT2D eigenvalue weighted by Crippen LogP contribution is 2.34. The fraction of sp³-hybridized carbons (Fsp3) is 0.467. The van der Waals surface area contributed by atoms with E-state index in [4.69, 9.17) is 0 Å². The number of halogens is 1. The van der Waals surface area contributed by atoms with Gasteiger partial charge in [0.15, 0.2) is 0 Å². The number of phenolic OH excluding ortho intramolecular Hbond substituents is 1. The standard InChI is InChI=1S/C15H21FN2O/c1-3-4-14(18-7-5-17-6-8-18)13-10-12(16)9-11(2)15(13)19/h3,9-10,14,17,19H,1,4-8H2,2H3/t14-/m0/s1. The van der Waals surface area contributed by atoms with Crippen molar-refractivity contribution in [3.8, 4) is 5.75 Å². The van der Waals surface area contributed by atoms with Crippen molar-refractivity contribution in [1.82, 2.24) is 10.2 Å². The average Bonchev–Trinajstić information content (AvgIpc) is 2.41. The van der Waals surface area contributed by atoms with Crippen molar-refractivity contribution in [2.24, 2.45) is 0 Å². The molecule has 1 atom stereocenters. The van der Waals surface area contributed by atoms with Gasteiger partial charge >= 0.3 is 0 Å². The van der Waals surface area contributed by atoms with Crippen LogP contribution in [0, 0.1) is 12.7 Å².